The van der Waals surface area contributed by atoms with E-state index >= 15 is 0 Å². The standard InChI is InChI=1S/C19H22F2N4O2/c1-11-5-7-25(11)18-16(22-2)15-13(4-6-19(15,20)21)17(23-18)24-9-12(10-24)8-14(26)27-3/h11-12H,4-10H2,1,3H3/t11-/m0/s1. The molecule has 1 atom stereocenters. The highest BCUT2D eigenvalue weighted by Crippen LogP contribution is 2.53. The van der Waals surface area contributed by atoms with Gasteiger partial charge in [-0.25, -0.2) is 18.6 Å². The van der Waals surface area contributed by atoms with Gasteiger partial charge in [0.15, 0.2) is 0 Å². The van der Waals surface area contributed by atoms with Gasteiger partial charge in [-0.1, -0.05) is 0 Å². The number of carbonyl (C=O) groups is 1. The normalized spacial score (nSPS) is 23.3. The summed E-state index contributed by atoms with van der Waals surface area (Å²) in [6.07, 6.45) is 1.23. The summed E-state index contributed by atoms with van der Waals surface area (Å²) in [7, 11) is 1.36. The number of aromatic nitrogens is 1. The minimum absolute atomic E-state index is 0.00874. The van der Waals surface area contributed by atoms with E-state index in [1.165, 1.54) is 7.11 Å². The van der Waals surface area contributed by atoms with E-state index in [1.54, 1.807) is 0 Å². The molecule has 2 aliphatic heterocycles. The lowest BCUT2D eigenvalue weighted by atomic mass is 9.95. The summed E-state index contributed by atoms with van der Waals surface area (Å²) in [5.74, 6) is -2.17. The third-order valence-corrected chi connectivity index (χ3v) is 5.93. The molecular weight excluding hydrogens is 354 g/mol. The number of methoxy groups -OCH3 is 1. The Morgan fingerprint density at radius 3 is 2.70 bits per heavy atom. The van der Waals surface area contributed by atoms with Crippen molar-refractivity contribution in [1.29, 1.82) is 0 Å². The number of nitrogens with zero attached hydrogens (tertiary/aromatic N) is 4. The molecule has 2 saturated heterocycles. The number of carbonyl (C=O) groups excluding carboxylic acids is 1. The molecule has 8 heteroatoms. The van der Waals surface area contributed by atoms with E-state index in [2.05, 4.69) is 4.85 Å². The molecule has 1 aromatic heterocycles. The third kappa shape index (κ3) is 2.80. The lowest BCUT2D eigenvalue weighted by molar-refractivity contribution is -0.141. The monoisotopic (exact) mass is 376 g/mol. The largest absolute Gasteiger partial charge is 0.469 e. The molecule has 0 amide bonds. The molecule has 0 spiro atoms. The van der Waals surface area contributed by atoms with Crippen molar-refractivity contribution >= 4 is 23.3 Å². The average molecular weight is 376 g/mol. The second-order valence-electron chi connectivity index (χ2n) is 7.66. The summed E-state index contributed by atoms with van der Waals surface area (Å²) in [6, 6.07) is 0.197. The first-order chi connectivity index (χ1) is 12.9. The van der Waals surface area contributed by atoms with Crippen LogP contribution in [-0.2, 0) is 21.9 Å². The van der Waals surface area contributed by atoms with E-state index < -0.39 is 5.92 Å². The summed E-state index contributed by atoms with van der Waals surface area (Å²) in [6.45, 7) is 11.4. The Bertz CT molecular complexity index is 830. The molecule has 2 fully saturated rings. The predicted molar refractivity (Wildman–Crippen MR) is 96.5 cm³/mol. The van der Waals surface area contributed by atoms with E-state index in [1.807, 2.05) is 16.7 Å². The van der Waals surface area contributed by atoms with Gasteiger partial charge in [0.05, 0.1) is 20.1 Å². The quantitative estimate of drug-likeness (QED) is 0.596. The molecule has 27 heavy (non-hydrogen) atoms. The number of esters is 1. The Hall–Kier alpha value is -2.43. The van der Waals surface area contributed by atoms with Gasteiger partial charge in [-0.2, -0.15) is 0 Å². The summed E-state index contributed by atoms with van der Waals surface area (Å²) in [5, 5.41) is 0. The first-order valence-corrected chi connectivity index (χ1v) is 9.26. The van der Waals surface area contributed by atoms with Gasteiger partial charge < -0.3 is 14.5 Å². The van der Waals surface area contributed by atoms with Crippen LogP contribution >= 0.6 is 0 Å². The van der Waals surface area contributed by atoms with E-state index in [4.69, 9.17) is 16.3 Å². The van der Waals surface area contributed by atoms with Crippen molar-refractivity contribution in [3.05, 3.63) is 22.5 Å². The zero-order valence-corrected chi connectivity index (χ0v) is 15.5. The zero-order chi connectivity index (χ0) is 19.3. The van der Waals surface area contributed by atoms with Gasteiger partial charge in [-0.15, -0.1) is 0 Å². The number of anilines is 2. The summed E-state index contributed by atoms with van der Waals surface area (Å²) < 4.78 is 34.0. The van der Waals surface area contributed by atoms with Gasteiger partial charge in [0.2, 0.25) is 5.69 Å². The number of pyridine rings is 1. The summed E-state index contributed by atoms with van der Waals surface area (Å²) >= 11 is 0. The molecule has 0 unspecified atom stereocenters. The van der Waals surface area contributed by atoms with Gasteiger partial charge in [0.25, 0.3) is 5.92 Å². The number of alkyl halides is 2. The van der Waals surface area contributed by atoms with Crippen LogP contribution in [0.3, 0.4) is 0 Å². The number of rotatable bonds is 4. The van der Waals surface area contributed by atoms with Crippen LogP contribution in [0, 0.1) is 12.5 Å². The van der Waals surface area contributed by atoms with Gasteiger partial charge in [-0.05, 0) is 25.3 Å². The molecule has 0 radical (unpaired) electrons. The molecule has 3 heterocycles. The Morgan fingerprint density at radius 2 is 2.15 bits per heavy atom. The molecule has 0 aromatic carbocycles. The van der Waals surface area contributed by atoms with Crippen molar-refractivity contribution in [1.82, 2.24) is 4.98 Å². The topological polar surface area (TPSA) is 50.0 Å². The lowest BCUT2D eigenvalue weighted by Gasteiger charge is -2.44. The van der Waals surface area contributed by atoms with Crippen molar-refractivity contribution in [3.63, 3.8) is 0 Å². The highest BCUT2D eigenvalue weighted by Gasteiger charge is 2.47. The van der Waals surface area contributed by atoms with Gasteiger partial charge in [0, 0.05) is 43.6 Å². The Kier molecular flexibility index (Phi) is 4.21. The average Bonchev–Trinajstić information content (AvgIpc) is 2.91. The second kappa shape index (κ2) is 6.32. The maximum Gasteiger partial charge on any atom is 0.305 e. The lowest BCUT2D eigenvalue weighted by Crippen LogP contribution is -2.49. The smallest absolute Gasteiger partial charge is 0.305 e. The Balaban J connectivity index is 1.71. The number of hydrogen-bond donors (Lipinski definition) is 0. The fraction of sp³-hybridized carbons (Fsp3) is 0.632. The second-order valence-corrected chi connectivity index (χ2v) is 7.66. The SMILES string of the molecule is [C-]#[N+]c1c(N2CC[C@@H]2C)nc(N2CC(CC(=O)OC)C2)c2c1C(F)(F)CC2. The van der Waals surface area contributed by atoms with E-state index in [-0.39, 0.29) is 42.0 Å². The molecule has 1 aliphatic carbocycles. The zero-order valence-electron chi connectivity index (χ0n) is 15.5. The molecule has 0 bridgehead atoms. The number of hydrogen-bond acceptors (Lipinski definition) is 5. The van der Waals surface area contributed by atoms with E-state index in [9.17, 15) is 13.6 Å². The van der Waals surface area contributed by atoms with E-state index in [0.717, 1.165) is 13.0 Å². The Morgan fingerprint density at radius 1 is 1.41 bits per heavy atom. The van der Waals surface area contributed by atoms with E-state index in [0.29, 0.717) is 36.7 Å². The van der Waals surface area contributed by atoms with Crippen LogP contribution in [0.5, 0.6) is 0 Å². The minimum Gasteiger partial charge on any atom is -0.469 e. The van der Waals surface area contributed by atoms with Crippen molar-refractivity contribution in [2.45, 2.75) is 44.6 Å². The molecular formula is C19H22F2N4O2. The van der Waals surface area contributed by atoms with Crippen LogP contribution in [0.4, 0.5) is 26.1 Å². The summed E-state index contributed by atoms with van der Waals surface area (Å²) in [4.78, 5) is 23.5. The van der Waals surface area contributed by atoms with Crippen LogP contribution in [0.25, 0.3) is 4.85 Å². The number of halogens is 2. The highest BCUT2D eigenvalue weighted by atomic mass is 19.3. The molecule has 3 aliphatic rings. The fourth-order valence-corrected chi connectivity index (χ4v) is 4.21. The van der Waals surface area contributed by atoms with Gasteiger partial charge >= 0.3 is 5.97 Å². The molecule has 0 N–H and O–H groups in total. The molecule has 0 saturated carbocycles. The summed E-state index contributed by atoms with van der Waals surface area (Å²) in [5.41, 5.74) is 0.377. The maximum atomic E-state index is 14.6. The number of ether oxygens (including phenoxy) is 1. The minimum atomic E-state index is -2.99. The molecule has 144 valence electrons. The fourth-order valence-electron chi connectivity index (χ4n) is 4.21. The first kappa shape index (κ1) is 18.0. The van der Waals surface area contributed by atoms with Crippen molar-refractivity contribution in [2.75, 3.05) is 36.5 Å². The highest BCUT2D eigenvalue weighted by molar-refractivity contribution is 5.80. The van der Waals surface area contributed by atoms with Gasteiger partial charge in [-0.3, -0.25) is 4.79 Å². The van der Waals surface area contributed by atoms with Gasteiger partial charge in [0.1, 0.15) is 11.6 Å². The van der Waals surface area contributed by atoms with Crippen LogP contribution in [0.15, 0.2) is 0 Å². The molecule has 6 nitrogen and oxygen atoms in total. The number of fused-ring (bicyclic) bond motifs is 1. The van der Waals surface area contributed by atoms with Crippen molar-refractivity contribution in [2.24, 2.45) is 5.92 Å². The van der Waals surface area contributed by atoms with Crippen LogP contribution in [0.2, 0.25) is 0 Å². The maximum absolute atomic E-state index is 14.6. The van der Waals surface area contributed by atoms with Crippen LogP contribution < -0.4 is 9.80 Å². The first-order valence-electron chi connectivity index (χ1n) is 9.26. The Labute approximate surface area is 156 Å². The van der Waals surface area contributed by atoms with Crippen molar-refractivity contribution in [3.8, 4) is 0 Å². The molecule has 4 rings (SSSR count). The molecule has 1 aromatic rings. The third-order valence-electron chi connectivity index (χ3n) is 5.93. The predicted octanol–water partition coefficient (Wildman–Crippen LogP) is 3.27. The van der Waals surface area contributed by atoms with Crippen LogP contribution in [0.1, 0.15) is 37.3 Å². The van der Waals surface area contributed by atoms with Crippen molar-refractivity contribution < 1.29 is 18.3 Å². The van der Waals surface area contributed by atoms with Crippen LogP contribution in [-0.4, -0.2) is 43.7 Å².